The van der Waals surface area contributed by atoms with Gasteiger partial charge in [0.25, 0.3) is 0 Å². The summed E-state index contributed by atoms with van der Waals surface area (Å²) < 4.78 is 5.51. The molecule has 0 amide bonds. The number of allylic oxidation sites excluding steroid dienone is 3. The van der Waals surface area contributed by atoms with Gasteiger partial charge in [0.1, 0.15) is 0 Å². The summed E-state index contributed by atoms with van der Waals surface area (Å²) >= 11 is 0. The van der Waals surface area contributed by atoms with E-state index >= 15 is 0 Å². The molecule has 0 spiro atoms. The Morgan fingerprint density at radius 3 is 2.57 bits per heavy atom. The quantitative estimate of drug-likeness (QED) is 0.763. The van der Waals surface area contributed by atoms with Crippen molar-refractivity contribution >= 4 is 0 Å². The third kappa shape index (κ3) is 2.71. The predicted molar refractivity (Wildman–Crippen MR) is 110 cm³/mol. The summed E-state index contributed by atoms with van der Waals surface area (Å²) in [6, 6.07) is 0. The summed E-state index contributed by atoms with van der Waals surface area (Å²) in [5, 5.41) is 22.0. The number of ether oxygens (including phenoxy) is 1. The van der Waals surface area contributed by atoms with Crippen LogP contribution in [0.3, 0.4) is 0 Å². The maximum absolute atomic E-state index is 11.9. The van der Waals surface area contributed by atoms with Crippen LogP contribution in [0.4, 0.5) is 0 Å². The summed E-state index contributed by atoms with van der Waals surface area (Å²) in [5.74, 6) is 1.10. The molecule has 0 aromatic carbocycles. The molecule has 5 rings (SSSR count). The van der Waals surface area contributed by atoms with Gasteiger partial charge in [-0.3, -0.25) is 4.90 Å². The normalized spacial score (nSPS) is 48.9. The fourth-order valence-corrected chi connectivity index (χ4v) is 7.48. The Bertz CT molecular complexity index is 696. The number of fused-ring (bicyclic) bond motifs is 5. The maximum atomic E-state index is 11.9. The van der Waals surface area contributed by atoms with Crippen molar-refractivity contribution in [3.8, 4) is 0 Å². The summed E-state index contributed by atoms with van der Waals surface area (Å²) in [7, 11) is 0. The van der Waals surface area contributed by atoms with E-state index in [1.165, 1.54) is 12.0 Å². The Labute approximate surface area is 169 Å². The van der Waals surface area contributed by atoms with Gasteiger partial charge in [0.2, 0.25) is 0 Å². The lowest BCUT2D eigenvalue weighted by Gasteiger charge is -2.56. The molecule has 28 heavy (non-hydrogen) atoms. The van der Waals surface area contributed by atoms with Crippen LogP contribution in [-0.4, -0.2) is 59.7 Å². The van der Waals surface area contributed by atoms with Crippen LogP contribution in [0.2, 0.25) is 0 Å². The molecule has 4 heteroatoms. The highest BCUT2D eigenvalue weighted by molar-refractivity contribution is 5.39. The molecule has 2 N–H and O–H groups in total. The Balaban J connectivity index is 1.43. The number of nitrogens with zero attached hydrogens (tertiary/aromatic N) is 1. The van der Waals surface area contributed by atoms with Crippen LogP contribution >= 0.6 is 0 Å². The standard InChI is InChI=1S/C24H37NO3/c1-22-8-5-18(26)15-17(22)3-4-19-20(22)6-9-23(2)21(19)7-10-24(23,27)16-25-11-13-28-14-12-25/h3-4,18,20-21,26-27H,5-16H2,1-2H3. The number of aliphatic hydroxyl groups excluding tert-OH is 1. The molecular formula is C24H37NO3. The first-order valence-electron chi connectivity index (χ1n) is 11.5. The van der Waals surface area contributed by atoms with Crippen LogP contribution in [0.1, 0.15) is 58.8 Å². The second-order valence-electron chi connectivity index (χ2n) is 10.7. The van der Waals surface area contributed by atoms with E-state index in [1.807, 2.05) is 0 Å². The van der Waals surface area contributed by atoms with Gasteiger partial charge in [0.05, 0.1) is 24.9 Å². The zero-order valence-corrected chi connectivity index (χ0v) is 17.6. The molecule has 156 valence electrons. The molecule has 6 atom stereocenters. The van der Waals surface area contributed by atoms with E-state index in [-0.39, 0.29) is 16.9 Å². The number of hydrogen-bond donors (Lipinski definition) is 2. The van der Waals surface area contributed by atoms with Gasteiger partial charge in [-0.15, -0.1) is 0 Å². The fraction of sp³-hybridized carbons (Fsp3) is 0.833. The highest BCUT2D eigenvalue weighted by Crippen LogP contribution is 2.65. The van der Waals surface area contributed by atoms with Crippen LogP contribution in [-0.2, 0) is 4.74 Å². The summed E-state index contributed by atoms with van der Waals surface area (Å²) in [4.78, 5) is 2.42. The number of morpholine rings is 1. The van der Waals surface area contributed by atoms with Gasteiger partial charge in [0, 0.05) is 25.0 Å². The molecule has 1 saturated heterocycles. The third-order valence-electron chi connectivity index (χ3n) is 9.46. The van der Waals surface area contributed by atoms with Crippen molar-refractivity contribution in [1.82, 2.24) is 4.90 Å². The highest BCUT2D eigenvalue weighted by atomic mass is 16.5. The van der Waals surface area contributed by atoms with Gasteiger partial charge < -0.3 is 14.9 Å². The Hall–Kier alpha value is -0.680. The first-order chi connectivity index (χ1) is 13.4. The minimum atomic E-state index is -0.589. The molecule has 5 aliphatic rings. The highest BCUT2D eigenvalue weighted by Gasteiger charge is 2.62. The molecule has 1 aliphatic heterocycles. The molecule has 0 radical (unpaired) electrons. The Kier molecular flexibility index (Phi) is 4.59. The summed E-state index contributed by atoms with van der Waals surface area (Å²) in [6.45, 7) is 9.09. The average molecular weight is 388 g/mol. The third-order valence-corrected chi connectivity index (χ3v) is 9.46. The molecule has 0 bridgehead atoms. The van der Waals surface area contributed by atoms with Crippen molar-refractivity contribution in [2.45, 2.75) is 70.5 Å². The van der Waals surface area contributed by atoms with Crippen LogP contribution in [0.25, 0.3) is 0 Å². The Morgan fingerprint density at radius 2 is 1.79 bits per heavy atom. The second-order valence-corrected chi connectivity index (χ2v) is 10.7. The number of hydrogen-bond acceptors (Lipinski definition) is 4. The summed E-state index contributed by atoms with van der Waals surface area (Å²) in [5.41, 5.74) is 2.67. The number of rotatable bonds is 2. The van der Waals surface area contributed by atoms with Gasteiger partial charge >= 0.3 is 0 Å². The van der Waals surface area contributed by atoms with Crippen LogP contribution in [0, 0.1) is 22.7 Å². The van der Waals surface area contributed by atoms with Gasteiger partial charge in [-0.2, -0.15) is 0 Å². The van der Waals surface area contributed by atoms with E-state index in [1.54, 1.807) is 5.57 Å². The largest absolute Gasteiger partial charge is 0.393 e. The van der Waals surface area contributed by atoms with Crippen molar-refractivity contribution in [1.29, 1.82) is 0 Å². The van der Waals surface area contributed by atoms with Crippen molar-refractivity contribution in [3.63, 3.8) is 0 Å². The SMILES string of the molecule is CC12CCC(O)CC1=CC=C1C2CCC2(C)C1CCC2(O)CN1CCOCC1. The first kappa shape index (κ1) is 19.3. The fourth-order valence-electron chi connectivity index (χ4n) is 7.48. The zero-order valence-electron chi connectivity index (χ0n) is 17.6. The molecular weight excluding hydrogens is 350 g/mol. The topological polar surface area (TPSA) is 52.9 Å². The molecule has 6 unspecified atom stereocenters. The Morgan fingerprint density at radius 1 is 1.04 bits per heavy atom. The lowest BCUT2D eigenvalue weighted by molar-refractivity contribution is -0.111. The van der Waals surface area contributed by atoms with E-state index in [2.05, 4.69) is 30.9 Å². The minimum absolute atomic E-state index is 0.0243. The molecule has 4 nitrogen and oxygen atoms in total. The lowest BCUT2D eigenvalue weighted by Crippen LogP contribution is -2.57. The van der Waals surface area contributed by atoms with Crippen molar-refractivity contribution in [2.75, 3.05) is 32.8 Å². The molecule has 4 aliphatic carbocycles. The molecule has 3 saturated carbocycles. The predicted octanol–water partition coefficient (Wildman–Crippen LogP) is 3.29. The molecule has 4 fully saturated rings. The van der Waals surface area contributed by atoms with Gasteiger partial charge in [-0.25, -0.2) is 0 Å². The van der Waals surface area contributed by atoms with Gasteiger partial charge in [-0.05, 0) is 62.2 Å². The van der Waals surface area contributed by atoms with Crippen LogP contribution in [0.5, 0.6) is 0 Å². The zero-order chi connectivity index (χ0) is 19.6. The van der Waals surface area contributed by atoms with Crippen molar-refractivity contribution < 1.29 is 14.9 Å². The van der Waals surface area contributed by atoms with E-state index in [0.717, 1.165) is 71.4 Å². The first-order valence-corrected chi connectivity index (χ1v) is 11.5. The summed E-state index contributed by atoms with van der Waals surface area (Å²) in [6.07, 6.45) is 11.8. The number of β-amino-alcohol motifs (C(OH)–C–C–N with tert-alkyl or cyclic N) is 1. The van der Waals surface area contributed by atoms with Crippen molar-refractivity contribution in [3.05, 3.63) is 23.3 Å². The smallest absolute Gasteiger partial charge is 0.0833 e. The lowest BCUT2D eigenvalue weighted by atomic mass is 9.50. The van der Waals surface area contributed by atoms with E-state index in [0.29, 0.717) is 11.8 Å². The molecule has 0 aromatic rings. The van der Waals surface area contributed by atoms with Gasteiger partial charge in [-0.1, -0.05) is 37.1 Å². The second kappa shape index (κ2) is 6.66. The van der Waals surface area contributed by atoms with Crippen LogP contribution in [0.15, 0.2) is 23.3 Å². The average Bonchev–Trinajstić information content (AvgIpc) is 2.94. The monoisotopic (exact) mass is 387 g/mol. The minimum Gasteiger partial charge on any atom is -0.393 e. The van der Waals surface area contributed by atoms with Gasteiger partial charge in [0.15, 0.2) is 0 Å². The van der Waals surface area contributed by atoms with E-state index in [4.69, 9.17) is 4.74 Å². The van der Waals surface area contributed by atoms with Crippen LogP contribution < -0.4 is 0 Å². The van der Waals surface area contributed by atoms with Crippen molar-refractivity contribution in [2.24, 2.45) is 22.7 Å². The van der Waals surface area contributed by atoms with E-state index < -0.39 is 5.60 Å². The number of aliphatic hydroxyl groups is 2. The molecule has 0 aromatic heterocycles. The molecule has 1 heterocycles. The maximum Gasteiger partial charge on any atom is 0.0833 e. The van der Waals surface area contributed by atoms with E-state index in [9.17, 15) is 10.2 Å².